The Balaban J connectivity index is 2.46. The molecule has 0 aliphatic rings. The fraction of sp³-hybridized carbons (Fsp3) is 0.556. The molecule has 0 saturated carbocycles. The maximum absolute atomic E-state index is 5.31. The van der Waals surface area contributed by atoms with Crippen molar-refractivity contribution < 1.29 is 4.42 Å². The molecular formula is C9H14BrNO. The summed E-state index contributed by atoms with van der Waals surface area (Å²) in [5.74, 6) is 1.65. The van der Waals surface area contributed by atoms with Crippen LogP contribution in [0.25, 0.3) is 0 Å². The summed E-state index contributed by atoms with van der Waals surface area (Å²) in [6.07, 6.45) is 2.69. The summed E-state index contributed by atoms with van der Waals surface area (Å²) in [5.41, 5.74) is 0. The van der Waals surface area contributed by atoms with Crippen LogP contribution in [0.1, 0.15) is 12.7 Å². The van der Waals surface area contributed by atoms with Crippen LogP contribution in [0, 0.1) is 5.92 Å². The lowest BCUT2D eigenvalue weighted by molar-refractivity contribution is 0.445. The molecular weight excluding hydrogens is 218 g/mol. The minimum atomic E-state index is 0.609. The molecule has 1 unspecified atom stereocenters. The molecule has 1 atom stereocenters. The van der Waals surface area contributed by atoms with Gasteiger partial charge in [-0.3, -0.25) is 0 Å². The van der Waals surface area contributed by atoms with Crippen LogP contribution in [0.2, 0.25) is 0 Å². The molecule has 0 spiro atoms. The van der Waals surface area contributed by atoms with Gasteiger partial charge >= 0.3 is 0 Å². The van der Waals surface area contributed by atoms with Crippen LogP contribution in [0.5, 0.6) is 0 Å². The molecule has 0 amide bonds. The Labute approximate surface area is 81.5 Å². The fourth-order valence-corrected chi connectivity index (χ4v) is 1.57. The van der Waals surface area contributed by atoms with Crippen LogP contribution in [-0.4, -0.2) is 13.6 Å². The van der Waals surface area contributed by atoms with Crippen LogP contribution >= 0.6 is 15.9 Å². The maximum Gasteiger partial charge on any atom is 0.118 e. The molecule has 1 aromatic rings. The number of rotatable bonds is 4. The van der Waals surface area contributed by atoms with Gasteiger partial charge in [-0.2, -0.15) is 0 Å². The third-order valence-corrected chi connectivity index (χ3v) is 2.48. The summed E-state index contributed by atoms with van der Waals surface area (Å²) in [6, 6.07) is 1.93. The molecule has 0 saturated heterocycles. The van der Waals surface area contributed by atoms with E-state index in [1.54, 1.807) is 6.26 Å². The largest absolute Gasteiger partial charge is 0.468 e. The van der Waals surface area contributed by atoms with Crippen LogP contribution < -0.4 is 5.32 Å². The van der Waals surface area contributed by atoms with E-state index < -0.39 is 0 Å². The standard InChI is InChI=1S/C9H14BrNO/c1-7(6-11-2)5-9-8(10)3-4-12-9/h3-4,7,11H,5-6H2,1-2H3. The van der Waals surface area contributed by atoms with Crippen molar-refractivity contribution in [2.24, 2.45) is 5.92 Å². The average molecular weight is 232 g/mol. The second kappa shape index (κ2) is 4.67. The van der Waals surface area contributed by atoms with Gasteiger partial charge in [0.25, 0.3) is 0 Å². The number of hydrogen-bond donors (Lipinski definition) is 1. The first-order chi connectivity index (χ1) is 5.74. The second-order valence-corrected chi connectivity index (χ2v) is 3.91. The molecule has 2 nitrogen and oxygen atoms in total. The monoisotopic (exact) mass is 231 g/mol. The molecule has 0 fully saturated rings. The van der Waals surface area contributed by atoms with Gasteiger partial charge in [-0.05, 0) is 41.5 Å². The van der Waals surface area contributed by atoms with Crippen molar-refractivity contribution in [1.82, 2.24) is 5.32 Å². The number of halogens is 1. The summed E-state index contributed by atoms with van der Waals surface area (Å²) in [6.45, 7) is 3.22. The lowest BCUT2D eigenvalue weighted by Crippen LogP contribution is -2.17. The second-order valence-electron chi connectivity index (χ2n) is 3.06. The van der Waals surface area contributed by atoms with Gasteiger partial charge in [-0.25, -0.2) is 0 Å². The first kappa shape index (κ1) is 9.81. The first-order valence-corrected chi connectivity index (χ1v) is 4.89. The zero-order valence-corrected chi connectivity index (χ0v) is 9.02. The van der Waals surface area contributed by atoms with Crippen molar-refractivity contribution in [3.63, 3.8) is 0 Å². The van der Waals surface area contributed by atoms with Gasteiger partial charge in [0.05, 0.1) is 10.7 Å². The van der Waals surface area contributed by atoms with Crippen LogP contribution in [-0.2, 0) is 6.42 Å². The SMILES string of the molecule is CNCC(C)Cc1occc1Br. The van der Waals surface area contributed by atoms with Gasteiger partial charge in [-0.1, -0.05) is 6.92 Å². The lowest BCUT2D eigenvalue weighted by Gasteiger charge is -2.08. The number of furan rings is 1. The van der Waals surface area contributed by atoms with E-state index in [0.29, 0.717) is 5.92 Å². The van der Waals surface area contributed by atoms with E-state index in [4.69, 9.17) is 4.42 Å². The summed E-state index contributed by atoms with van der Waals surface area (Å²) in [7, 11) is 1.97. The normalized spacial score (nSPS) is 13.2. The zero-order chi connectivity index (χ0) is 8.97. The molecule has 0 radical (unpaired) electrons. The van der Waals surface area contributed by atoms with Crippen LogP contribution in [0.15, 0.2) is 21.2 Å². The Bertz CT molecular complexity index is 234. The molecule has 0 bridgehead atoms. The molecule has 1 N–H and O–H groups in total. The summed E-state index contributed by atoms with van der Waals surface area (Å²) in [5, 5.41) is 3.14. The minimum Gasteiger partial charge on any atom is -0.468 e. The van der Waals surface area contributed by atoms with E-state index in [-0.39, 0.29) is 0 Å². The smallest absolute Gasteiger partial charge is 0.118 e. The van der Waals surface area contributed by atoms with E-state index in [0.717, 1.165) is 23.2 Å². The molecule has 0 aliphatic heterocycles. The highest BCUT2D eigenvalue weighted by molar-refractivity contribution is 9.10. The first-order valence-electron chi connectivity index (χ1n) is 4.10. The average Bonchev–Trinajstić information content (AvgIpc) is 2.37. The summed E-state index contributed by atoms with van der Waals surface area (Å²) < 4.78 is 6.38. The van der Waals surface area contributed by atoms with Gasteiger partial charge in [0, 0.05) is 6.42 Å². The van der Waals surface area contributed by atoms with Crippen molar-refractivity contribution in [2.75, 3.05) is 13.6 Å². The van der Waals surface area contributed by atoms with E-state index in [1.807, 2.05) is 13.1 Å². The maximum atomic E-state index is 5.31. The van der Waals surface area contributed by atoms with E-state index in [9.17, 15) is 0 Å². The van der Waals surface area contributed by atoms with Crippen LogP contribution in [0.3, 0.4) is 0 Å². The Hall–Kier alpha value is -0.280. The molecule has 0 aromatic carbocycles. The van der Waals surface area contributed by atoms with Gasteiger partial charge in [-0.15, -0.1) is 0 Å². The Morgan fingerprint density at radius 1 is 1.67 bits per heavy atom. The quantitative estimate of drug-likeness (QED) is 0.862. The summed E-state index contributed by atoms with van der Waals surface area (Å²) >= 11 is 3.43. The zero-order valence-electron chi connectivity index (χ0n) is 7.43. The number of nitrogens with one attached hydrogen (secondary N) is 1. The molecule has 3 heteroatoms. The predicted octanol–water partition coefficient (Wildman–Crippen LogP) is 2.44. The molecule has 0 aliphatic carbocycles. The third kappa shape index (κ3) is 2.64. The van der Waals surface area contributed by atoms with E-state index >= 15 is 0 Å². The van der Waals surface area contributed by atoms with E-state index in [2.05, 4.69) is 28.2 Å². The van der Waals surface area contributed by atoms with Crippen molar-refractivity contribution >= 4 is 15.9 Å². The minimum absolute atomic E-state index is 0.609. The molecule has 68 valence electrons. The van der Waals surface area contributed by atoms with Gasteiger partial charge in [0.15, 0.2) is 0 Å². The van der Waals surface area contributed by atoms with Crippen LogP contribution in [0.4, 0.5) is 0 Å². The van der Waals surface area contributed by atoms with Crippen molar-refractivity contribution in [3.8, 4) is 0 Å². The highest BCUT2D eigenvalue weighted by Crippen LogP contribution is 2.20. The van der Waals surface area contributed by atoms with E-state index in [1.165, 1.54) is 0 Å². The molecule has 1 aromatic heterocycles. The Morgan fingerprint density at radius 2 is 2.42 bits per heavy atom. The van der Waals surface area contributed by atoms with Gasteiger partial charge in [0.1, 0.15) is 5.76 Å². The number of hydrogen-bond acceptors (Lipinski definition) is 2. The van der Waals surface area contributed by atoms with Crippen molar-refractivity contribution in [2.45, 2.75) is 13.3 Å². The fourth-order valence-electron chi connectivity index (χ4n) is 1.21. The van der Waals surface area contributed by atoms with Gasteiger partial charge < -0.3 is 9.73 Å². The Kier molecular flexibility index (Phi) is 3.82. The Morgan fingerprint density at radius 3 is 2.92 bits per heavy atom. The molecule has 12 heavy (non-hydrogen) atoms. The predicted molar refractivity (Wildman–Crippen MR) is 53.2 cm³/mol. The topological polar surface area (TPSA) is 25.2 Å². The third-order valence-electron chi connectivity index (χ3n) is 1.78. The molecule has 1 rings (SSSR count). The van der Waals surface area contributed by atoms with Crippen molar-refractivity contribution in [1.29, 1.82) is 0 Å². The molecule has 1 heterocycles. The van der Waals surface area contributed by atoms with Gasteiger partial charge in [0.2, 0.25) is 0 Å². The highest BCUT2D eigenvalue weighted by Gasteiger charge is 2.08. The highest BCUT2D eigenvalue weighted by atomic mass is 79.9. The summed E-state index contributed by atoms with van der Waals surface area (Å²) in [4.78, 5) is 0. The van der Waals surface area contributed by atoms with Crippen molar-refractivity contribution in [3.05, 3.63) is 22.6 Å². The lowest BCUT2D eigenvalue weighted by atomic mass is 10.1.